The van der Waals surface area contributed by atoms with Crippen molar-refractivity contribution in [1.82, 2.24) is 9.97 Å². The molecule has 0 saturated carbocycles. The van der Waals surface area contributed by atoms with Crippen LogP contribution in [0.15, 0.2) is 36.7 Å². The molecule has 1 aromatic heterocycles. The average Bonchev–Trinajstić information content (AvgIpc) is 2.46. The quantitative estimate of drug-likeness (QED) is 0.893. The lowest BCUT2D eigenvalue weighted by atomic mass is 10.2. The molecule has 0 aliphatic rings. The van der Waals surface area contributed by atoms with Crippen LogP contribution in [-0.4, -0.2) is 23.6 Å². The van der Waals surface area contributed by atoms with Gasteiger partial charge >= 0.3 is 0 Å². The van der Waals surface area contributed by atoms with Crippen LogP contribution >= 0.6 is 0 Å². The van der Waals surface area contributed by atoms with Crippen molar-refractivity contribution in [1.29, 1.82) is 0 Å². The number of aryl methyl sites for hydroxylation is 1. The Bertz CT molecular complexity index is 505. The first-order chi connectivity index (χ1) is 9.22. The topological polar surface area (TPSA) is 41.1 Å². The molecule has 2 rings (SSSR count). The molecule has 4 nitrogen and oxygen atoms in total. The van der Waals surface area contributed by atoms with Crippen molar-refractivity contribution in [3.63, 3.8) is 0 Å². The van der Waals surface area contributed by atoms with E-state index in [2.05, 4.69) is 58.3 Å². The van der Waals surface area contributed by atoms with Gasteiger partial charge in [-0.15, -0.1) is 0 Å². The minimum Gasteiger partial charge on any atom is -0.372 e. The molecule has 4 heteroatoms. The number of nitrogens with one attached hydrogen (secondary N) is 1. The zero-order valence-corrected chi connectivity index (χ0v) is 11.7. The molecule has 0 atom stereocenters. The first kappa shape index (κ1) is 13.3. The summed E-state index contributed by atoms with van der Waals surface area (Å²) in [4.78, 5) is 11.0. The summed E-state index contributed by atoms with van der Waals surface area (Å²) in [5.41, 5.74) is 3.46. The molecule has 2 aromatic rings. The maximum absolute atomic E-state index is 4.41. The molecule has 0 unspecified atom stereocenters. The number of benzene rings is 1. The molecule has 1 heterocycles. The number of aromatic nitrogens is 2. The molecule has 0 amide bonds. The van der Waals surface area contributed by atoms with Crippen molar-refractivity contribution < 1.29 is 0 Å². The van der Waals surface area contributed by atoms with Gasteiger partial charge in [-0.3, -0.25) is 4.98 Å². The van der Waals surface area contributed by atoms with Gasteiger partial charge < -0.3 is 10.2 Å². The van der Waals surface area contributed by atoms with Crippen molar-refractivity contribution in [2.45, 2.75) is 20.4 Å². The fourth-order valence-corrected chi connectivity index (χ4v) is 1.90. The van der Waals surface area contributed by atoms with Crippen LogP contribution in [0.5, 0.6) is 0 Å². The second kappa shape index (κ2) is 6.18. The maximum atomic E-state index is 4.41. The highest BCUT2D eigenvalue weighted by Gasteiger charge is 2.06. The molecular weight excluding hydrogens is 236 g/mol. The van der Waals surface area contributed by atoms with E-state index in [1.807, 2.05) is 13.2 Å². The number of rotatable bonds is 5. The normalized spacial score (nSPS) is 10.3. The Labute approximate surface area is 114 Å². The lowest BCUT2D eigenvalue weighted by molar-refractivity contribution is 0.804. The van der Waals surface area contributed by atoms with Gasteiger partial charge in [0, 0.05) is 19.3 Å². The van der Waals surface area contributed by atoms with Gasteiger partial charge in [-0.1, -0.05) is 17.7 Å². The van der Waals surface area contributed by atoms with Gasteiger partial charge in [-0.25, -0.2) is 4.98 Å². The van der Waals surface area contributed by atoms with E-state index in [0.717, 1.165) is 24.6 Å². The van der Waals surface area contributed by atoms with Gasteiger partial charge in [-0.2, -0.15) is 0 Å². The first-order valence-corrected chi connectivity index (χ1v) is 6.53. The summed E-state index contributed by atoms with van der Waals surface area (Å²) >= 11 is 0. The van der Waals surface area contributed by atoms with E-state index in [9.17, 15) is 0 Å². The second-order valence-electron chi connectivity index (χ2n) is 4.49. The predicted octanol–water partition coefficient (Wildman–Crippen LogP) is 2.85. The van der Waals surface area contributed by atoms with Crippen LogP contribution in [0, 0.1) is 6.92 Å². The Hall–Kier alpha value is -2.10. The van der Waals surface area contributed by atoms with Crippen molar-refractivity contribution in [3.8, 4) is 0 Å². The van der Waals surface area contributed by atoms with Crippen molar-refractivity contribution in [2.24, 2.45) is 0 Å². The molecule has 0 radical (unpaired) electrons. The van der Waals surface area contributed by atoms with Crippen LogP contribution in [-0.2, 0) is 6.54 Å². The monoisotopic (exact) mass is 256 g/mol. The summed E-state index contributed by atoms with van der Waals surface area (Å²) in [7, 11) is 1.84. The highest BCUT2D eigenvalue weighted by Crippen LogP contribution is 2.17. The predicted molar refractivity (Wildman–Crippen MR) is 79.5 cm³/mol. The van der Waals surface area contributed by atoms with Gasteiger partial charge in [0.15, 0.2) is 0 Å². The van der Waals surface area contributed by atoms with Crippen LogP contribution in [0.1, 0.15) is 18.2 Å². The molecule has 100 valence electrons. The molecule has 1 aromatic carbocycles. The Balaban J connectivity index is 2.11. The minimum atomic E-state index is 0.774. The van der Waals surface area contributed by atoms with E-state index in [4.69, 9.17) is 0 Å². The summed E-state index contributed by atoms with van der Waals surface area (Å²) in [5, 5.41) is 2.97. The van der Waals surface area contributed by atoms with Crippen LogP contribution in [0.2, 0.25) is 0 Å². The van der Waals surface area contributed by atoms with Crippen LogP contribution in [0.25, 0.3) is 0 Å². The first-order valence-electron chi connectivity index (χ1n) is 6.53. The van der Waals surface area contributed by atoms with Crippen molar-refractivity contribution in [2.75, 3.05) is 23.8 Å². The van der Waals surface area contributed by atoms with E-state index >= 15 is 0 Å². The molecular formula is C15H20N4. The lowest BCUT2D eigenvalue weighted by Crippen LogP contribution is -2.22. The molecule has 0 aliphatic heterocycles. The SMILES string of the molecule is CCN(Cc1cnc(NC)cn1)c1ccc(C)cc1. The Morgan fingerprint density at radius 3 is 2.37 bits per heavy atom. The van der Waals surface area contributed by atoms with E-state index in [1.54, 1.807) is 6.20 Å². The molecule has 0 fully saturated rings. The highest BCUT2D eigenvalue weighted by atomic mass is 15.1. The number of hydrogen-bond donors (Lipinski definition) is 1. The van der Waals surface area contributed by atoms with Crippen LogP contribution in [0.3, 0.4) is 0 Å². The van der Waals surface area contributed by atoms with E-state index in [-0.39, 0.29) is 0 Å². The summed E-state index contributed by atoms with van der Waals surface area (Å²) in [6.07, 6.45) is 3.58. The van der Waals surface area contributed by atoms with E-state index in [1.165, 1.54) is 11.3 Å². The van der Waals surface area contributed by atoms with Crippen molar-refractivity contribution in [3.05, 3.63) is 47.9 Å². The largest absolute Gasteiger partial charge is 0.372 e. The van der Waals surface area contributed by atoms with Gasteiger partial charge in [0.1, 0.15) is 5.82 Å². The molecule has 0 spiro atoms. The standard InChI is InChI=1S/C15H20N4/c1-4-19(14-7-5-12(2)6-8-14)11-13-9-18-15(16-3)10-17-13/h5-10H,4,11H2,1-3H3,(H,16,18). The van der Waals surface area contributed by atoms with E-state index < -0.39 is 0 Å². The third-order valence-corrected chi connectivity index (χ3v) is 3.10. The molecule has 0 bridgehead atoms. The Morgan fingerprint density at radius 2 is 1.84 bits per heavy atom. The highest BCUT2D eigenvalue weighted by molar-refractivity contribution is 5.47. The van der Waals surface area contributed by atoms with Gasteiger partial charge in [-0.05, 0) is 26.0 Å². The zero-order valence-electron chi connectivity index (χ0n) is 11.7. The minimum absolute atomic E-state index is 0.774. The van der Waals surface area contributed by atoms with Crippen LogP contribution in [0.4, 0.5) is 11.5 Å². The van der Waals surface area contributed by atoms with E-state index in [0.29, 0.717) is 0 Å². The van der Waals surface area contributed by atoms with Gasteiger partial charge in [0.25, 0.3) is 0 Å². The van der Waals surface area contributed by atoms with Crippen LogP contribution < -0.4 is 10.2 Å². The summed E-state index contributed by atoms with van der Waals surface area (Å²) < 4.78 is 0. The third-order valence-electron chi connectivity index (χ3n) is 3.10. The summed E-state index contributed by atoms with van der Waals surface area (Å²) in [5.74, 6) is 0.794. The molecule has 1 N–H and O–H groups in total. The van der Waals surface area contributed by atoms with Crippen molar-refractivity contribution >= 4 is 11.5 Å². The lowest BCUT2D eigenvalue weighted by Gasteiger charge is -2.22. The summed E-state index contributed by atoms with van der Waals surface area (Å²) in [6, 6.07) is 8.56. The maximum Gasteiger partial charge on any atom is 0.144 e. The third kappa shape index (κ3) is 3.44. The fraction of sp³-hybridized carbons (Fsp3) is 0.333. The number of anilines is 2. The number of nitrogens with zero attached hydrogens (tertiary/aromatic N) is 3. The number of hydrogen-bond acceptors (Lipinski definition) is 4. The molecule has 0 saturated heterocycles. The Morgan fingerprint density at radius 1 is 1.11 bits per heavy atom. The second-order valence-corrected chi connectivity index (χ2v) is 4.49. The zero-order chi connectivity index (χ0) is 13.7. The molecule has 19 heavy (non-hydrogen) atoms. The fourth-order valence-electron chi connectivity index (χ4n) is 1.90. The van der Waals surface area contributed by atoms with Gasteiger partial charge in [0.2, 0.25) is 0 Å². The average molecular weight is 256 g/mol. The summed E-state index contributed by atoms with van der Waals surface area (Å²) in [6.45, 7) is 5.96. The smallest absolute Gasteiger partial charge is 0.144 e. The van der Waals surface area contributed by atoms with Gasteiger partial charge in [0.05, 0.1) is 24.6 Å². The molecule has 0 aliphatic carbocycles. The Kier molecular flexibility index (Phi) is 4.34.